The van der Waals surface area contributed by atoms with Crippen LogP contribution < -0.4 is 11.1 Å². The van der Waals surface area contributed by atoms with E-state index in [0.717, 1.165) is 5.56 Å². The molecule has 0 heterocycles. The van der Waals surface area contributed by atoms with Gasteiger partial charge < -0.3 is 16.2 Å². The second kappa shape index (κ2) is 5.69. The summed E-state index contributed by atoms with van der Waals surface area (Å²) in [5.41, 5.74) is 6.57. The number of carbonyl (C=O) groups excluding carboxylic acids is 1. The van der Waals surface area contributed by atoms with E-state index >= 15 is 0 Å². The highest BCUT2D eigenvalue weighted by atomic mass is 35.5. The number of aliphatic hydroxyl groups excluding tert-OH is 1. The van der Waals surface area contributed by atoms with E-state index in [1.54, 1.807) is 6.07 Å². The van der Waals surface area contributed by atoms with Crippen molar-refractivity contribution in [2.45, 2.75) is 31.5 Å². The van der Waals surface area contributed by atoms with Crippen molar-refractivity contribution in [3.63, 3.8) is 0 Å². The van der Waals surface area contributed by atoms with Crippen LogP contribution in [-0.4, -0.2) is 23.2 Å². The summed E-state index contributed by atoms with van der Waals surface area (Å²) in [6.45, 7) is 0.403. The normalized spacial score (nSPS) is 27.2. The van der Waals surface area contributed by atoms with E-state index in [9.17, 15) is 9.90 Å². The van der Waals surface area contributed by atoms with Crippen LogP contribution in [-0.2, 0) is 11.3 Å². The molecule has 3 atom stereocenters. The van der Waals surface area contributed by atoms with Crippen LogP contribution in [0.25, 0.3) is 0 Å². The summed E-state index contributed by atoms with van der Waals surface area (Å²) in [6.07, 6.45) is 0.409. The van der Waals surface area contributed by atoms with Crippen LogP contribution in [0.3, 0.4) is 0 Å². The van der Waals surface area contributed by atoms with Crippen LogP contribution in [0, 0.1) is 5.92 Å². The molecule has 1 saturated carbocycles. The molecule has 1 fully saturated rings. The number of halogens is 1. The van der Waals surface area contributed by atoms with Crippen molar-refractivity contribution < 1.29 is 9.90 Å². The topological polar surface area (TPSA) is 75.4 Å². The summed E-state index contributed by atoms with van der Waals surface area (Å²) in [7, 11) is 0. The Hall–Kier alpha value is -1.10. The van der Waals surface area contributed by atoms with Crippen molar-refractivity contribution in [2.75, 3.05) is 0 Å². The number of hydrogen-bond acceptors (Lipinski definition) is 3. The molecule has 0 radical (unpaired) electrons. The average Bonchev–Trinajstić information content (AvgIpc) is 2.68. The molecular weight excluding hydrogens is 252 g/mol. The molecule has 98 valence electrons. The predicted molar refractivity (Wildman–Crippen MR) is 70.0 cm³/mol. The van der Waals surface area contributed by atoms with E-state index in [-0.39, 0.29) is 17.9 Å². The summed E-state index contributed by atoms with van der Waals surface area (Å²) < 4.78 is 0. The van der Waals surface area contributed by atoms with Gasteiger partial charge in [0.25, 0.3) is 0 Å². The number of rotatable bonds is 3. The fraction of sp³-hybridized carbons (Fsp3) is 0.462. The largest absolute Gasteiger partial charge is 0.391 e. The third-order valence-corrected chi connectivity index (χ3v) is 3.73. The van der Waals surface area contributed by atoms with Crippen LogP contribution in [0.5, 0.6) is 0 Å². The molecule has 1 aliphatic rings. The van der Waals surface area contributed by atoms with Crippen molar-refractivity contribution in [2.24, 2.45) is 11.7 Å². The molecule has 0 saturated heterocycles. The monoisotopic (exact) mass is 268 g/mol. The smallest absolute Gasteiger partial charge is 0.223 e. The van der Waals surface area contributed by atoms with E-state index in [4.69, 9.17) is 17.3 Å². The first-order valence-corrected chi connectivity index (χ1v) is 6.40. The van der Waals surface area contributed by atoms with Gasteiger partial charge in [0, 0.05) is 23.5 Å². The highest BCUT2D eigenvalue weighted by Gasteiger charge is 2.34. The van der Waals surface area contributed by atoms with Crippen LogP contribution >= 0.6 is 11.6 Å². The lowest BCUT2D eigenvalue weighted by Gasteiger charge is -2.11. The highest BCUT2D eigenvalue weighted by Crippen LogP contribution is 2.25. The van der Waals surface area contributed by atoms with Crippen molar-refractivity contribution in [3.05, 3.63) is 34.9 Å². The van der Waals surface area contributed by atoms with Gasteiger partial charge in [-0.1, -0.05) is 29.8 Å². The van der Waals surface area contributed by atoms with E-state index in [1.165, 1.54) is 0 Å². The number of benzene rings is 1. The Bertz CT molecular complexity index is 429. The van der Waals surface area contributed by atoms with Crippen LogP contribution in [0.2, 0.25) is 5.02 Å². The molecule has 1 aliphatic carbocycles. The molecule has 1 aromatic carbocycles. The molecular formula is C13H17ClN2O2. The number of aliphatic hydroxyl groups is 1. The number of amides is 1. The minimum atomic E-state index is -0.568. The Morgan fingerprint density at radius 2 is 2.17 bits per heavy atom. The molecule has 2 rings (SSSR count). The fourth-order valence-corrected chi connectivity index (χ4v) is 2.43. The number of nitrogens with two attached hydrogens (primary N) is 1. The van der Waals surface area contributed by atoms with Crippen molar-refractivity contribution in [1.82, 2.24) is 5.32 Å². The van der Waals surface area contributed by atoms with Gasteiger partial charge in [0.2, 0.25) is 5.91 Å². The lowest BCUT2D eigenvalue weighted by molar-refractivity contribution is -0.125. The number of carbonyl (C=O) groups is 1. The zero-order valence-corrected chi connectivity index (χ0v) is 10.7. The quantitative estimate of drug-likeness (QED) is 0.767. The number of nitrogens with one attached hydrogen (secondary N) is 1. The first-order chi connectivity index (χ1) is 8.58. The van der Waals surface area contributed by atoms with Crippen LogP contribution in [0.15, 0.2) is 24.3 Å². The molecule has 4 N–H and O–H groups in total. The van der Waals surface area contributed by atoms with Gasteiger partial charge in [-0.15, -0.1) is 0 Å². The van der Waals surface area contributed by atoms with E-state index in [0.29, 0.717) is 24.4 Å². The highest BCUT2D eigenvalue weighted by molar-refractivity contribution is 6.31. The second-order valence-corrected chi connectivity index (χ2v) is 5.12. The maximum Gasteiger partial charge on any atom is 0.223 e. The van der Waals surface area contributed by atoms with Gasteiger partial charge in [-0.3, -0.25) is 4.79 Å². The molecule has 0 aromatic heterocycles. The fourth-order valence-electron chi connectivity index (χ4n) is 2.23. The molecule has 1 aromatic rings. The minimum Gasteiger partial charge on any atom is -0.391 e. The maximum atomic E-state index is 11.9. The maximum absolute atomic E-state index is 11.9. The second-order valence-electron chi connectivity index (χ2n) is 4.71. The number of hydrogen-bond donors (Lipinski definition) is 3. The van der Waals surface area contributed by atoms with Gasteiger partial charge in [-0.05, 0) is 24.5 Å². The zero-order chi connectivity index (χ0) is 13.1. The summed E-state index contributed by atoms with van der Waals surface area (Å²) in [4.78, 5) is 11.9. The Morgan fingerprint density at radius 3 is 2.78 bits per heavy atom. The summed E-state index contributed by atoms with van der Waals surface area (Å²) in [6, 6.07) is 7.10. The summed E-state index contributed by atoms with van der Waals surface area (Å²) in [5.74, 6) is -0.264. The molecule has 5 heteroatoms. The first kappa shape index (κ1) is 13.3. The molecule has 0 spiro atoms. The Balaban J connectivity index is 1.88. The van der Waals surface area contributed by atoms with Crippen LogP contribution in [0.4, 0.5) is 0 Å². The lowest BCUT2D eigenvalue weighted by atomic mass is 10.1. The molecule has 18 heavy (non-hydrogen) atoms. The third-order valence-electron chi connectivity index (χ3n) is 3.36. The van der Waals surface area contributed by atoms with Crippen LogP contribution in [0.1, 0.15) is 18.4 Å². The predicted octanol–water partition coefficient (Wildman–Crippen LogP) is 1.05. The van der Waals surface area contributed by atoms with Gasteiger partial charge in [-0.2, -0.15) is 0 Å². The zero-order valence-electron chi connectivity index (χ0n) is 9.97. The van der Waals surface area contributed by atoms with E-state index < -0.39 is 6.10 Å². The standard InChI is InChI=1S/C13H17ClN2O2/c14-10-4-2-1-3-8(10)7-16-13(18)9-5-11(15)12(17)6-9/h1-4,9,11-12,17H,5-7,15H2,(H,16,18)/t9-,11-,12-/m0/s1. The molecule has 0 aliphatic heterocycles. The van der Waals surface area contributed by atoms with E-state index in [2.05, 4.69) is 5.32 Å². The molecule has 0 unspecified atom stereocenters. The van der Waals surface area contributed by atoms with Crippen molar-refractivity contribution in [3.8, 4) is 0 Å². The third kappa shape index (κ3) is 3.02. The molecule has 1 amide bonds. The van der Waals surface area contributed by atoms with Gasteiger partial charge in [0.1, 0.15) is 0 Å². The Labute approximate surface area is 111 Å². The summed E-state index contributed by atoms with van der Waals surface area (Å²) in [5, 5.41) is 13.0. The van der Waals surface area contributed by atoms with Gasteiger partial charge >= 0.3 is 0 Å². The molecule has 4 nitrogen and oxygen atoms in total. The Morgan fingerprint density at radius 1 is 1.44 bits per heavy atom. The Kier molecular flexibility index (Phi) is 4.22. The van der Waals surface area contributed by atoms with Gasteiger partial charge in [0.05, 0.1) is 6.10 Å². The van der Waals surface area contributed by atoms with Crippen molar-refractivity contribution >= 4 is 17.5 Å². The SMILES string of the molecule is N[C@H]1C[C@H](C(=O)NCc2ccccc2Cl)C[C@@H]1O. The first-order valence-electron chi connectivity index (χ1n) is 6.02. The average molecular weight is 269 g/mol. The minimum absolute atomic E-state index is 0.0677. The van der Waals surface area contributed by atoms with Crippen molar-refractivity contribution in [1.29, 1.82) is 0 Å². The lowest BCUT2D eigenvalue weighted by Crippen LogP contribution is -2.30. The molecule has 0 bridgehead atoms. The van der Waals surface area contributed by atoms with Gasteiger partial charge in [0.15, 0.2) is 0 Å². The van der Waals surface area contributed by atoms with E-state index in [1.807, 2.05) is 18.2 Å². The van der Waals surface area contributed by atoms with Gasteiger partial charge in [-0.25, -0.2) is 0 Å². The summed E-state index contributed by atoms with van der Waals surface area (Å²) >= 11 is 6.00.